The van der Waals surface area contributed by atoms with E-state index in [0.717, 1.165) is 51.4 Å². The number of likely N-dealkylation sites (tertiary alicyclic amines) is 1. The smallest absolute Gasteiger partial charge is 0.191 e. The molecular formula is C22H30N4. The van der Waals surface area contributed by atoms with Gasteiger partial charge in [0.25, 0.3) is 0 Å². The second-order valence-corrected chi connectivity index (χ2v) is 6.90. The monoisotopic (exact) mass is 350 g/mol. The van der Waals surface area contributed by atoms with Gasteiger partial charge in [-0.1, -0.05) is 48.5 Å². The zero-order valence-corrected chi connectivity index (χ0v) is 15.7. The zero-order chi connectivity index (χ0) is 18.2. The second-order valence-electron chi connectivity index (χ2n) is 6.90. The summed E-state index contributed by atoms with van der Waals surface area (Å²) in [5.41, 5.74) is 1.38. The van der Waals surface area contributed by atoms with Crippen LogP contribution in [0, 0.1) is 0 Å². The van der Waals surface area contributed by atoms with Crippen LogP contribution < -0.4 is 10.6 Å². The normalized spacial score (nSPS) is 16.6. The Kier molecular flexibility index (Phi) is 6.67. The molecule has 1 fully saturated rings. The van der Waals surface area contributed by atoms with E-state index in [0.29, 0.717) is 6.04 Å². The summed E-state index contributed by atoms with van der Waals surface area (Å²) in [6.45, 7) is 7.94. The van der Waals surface area contributed by atoms with Gasteiger partial charge in [-0.2, -0.15) is 0 Å². The molecular weight excluding hydrogens is 320 g/mol. The number of guanidine groups is 1. The molecule has 1 aliphatic rings. The lowest BCUT2D eigenvalue weighted by atomic mass is 10.0. The molecule has 0 spiro atoms. The Hall–Kier alpha value is -2.33. The van der Waals surface area contributed by atoms with E-state index >= 15 is 0 Å². The molecule has 0 radical (unpaired) electrons. The fourth-order valence-corrected chi connectivity index (χ4v) is 3.66. The van der Waals surface area contributed by atoms with Gasteiger partial charge in [0.2, 0.25) is 0 Å². The first-order valence-corrected chi connectivity index (χ1v) is 9.57. The van der Waals surface area contributed by atoms with E-state index in [9.17, 15) is 0 Å². The molecule has 1 heterocycles. The topological polar surface area (TPSA) is 39.7 Å². The minimum atomic E-state index is 0.500. The van der Waals surface area contributed by atoms with Crippen molar-refractivity contribution in [2.24, 2.45) is 4.99 Å². The molecule has 26 heavy (non-hydrogen) atoms. The van der Waals surface area contributed by atoms with Crippen molar-refractivity contribution in [1.82, 2.24) is 15.5 Å². The first kappa shape index (κ1) is 18.5. The van der Waals surface area contributed by atoms with Crippen molar-refractivity contribution >= 4 is 16.7 Å². The summed E-state index contributed by atoms with van der Waals surface area (Å²) in [6, 6.07) is 15.6. The maximum absolute atomic E-state index is 4.40. The predicted molar refractivity (Wildman–Crippen MR) is 112 cm³/mol. The number of aliphatic imine (C=N–C) groups is 1. The van der Waals surface area contributed by atoms with E-state index in [1.807, 2.05) is 13.1 Å². The lowest BCUT2D eigenvalue weighted by molar-refractivity contribution is 0.225. The molecule has 138 valence electrons. The maximum Gasteiger partial charge on any atom is 0.191 e. The average Bonchev–Trinajstić information content (AvgIpc) is 2.69. The first-order valence-electron chi connectivity index (χ1n) is 9.57. The highest BCUT2D eigenvalue weighted by Gasteiger charge is 2.18. The molecule has 3 rings (SSSR count). The minimum absolute atomic E-state index is 0.500. The highest BCUT2D eigenvalue weighted by atomic mass is 15.2. The summed E-state index contributed by atoms with van der Waals surface area (Å²) in [4.78, 5) is 6.84. The van der Waals surface area contributed by atoms with Gasteiger partial charge in [-0.25, -0.2) is 0 Å². The highest BCUT2D eigenvalue weighted by Crippen LogP contribution is 2.18. The van der Waals surface area contributed by atoms with E-state index in [-0.39, 0.29) is 0 Å². The van der Waals surface area contributed by atoms with Gasteiger partial charge in [0, 0.05) is 39.3 Å². The van der Waals surface area contributed by atoms with Crippen LogP contribution in [0.4, 0.5) is 0 Å². The number of piperidine rings is 1. The lowest BCUT2D eigenvalue weighted by Crippen LogP contribution is -2.49. The molecule has 0 aliphatic carbocycles. The summed E-state index contributed by atoms with van der Waals surface area (Å²) >= 11 is 0. The van der Waals surface area contributed by atoms with Crippen LogP contribution in [0.5, 0.6) is 0 Å². The molecule has 0 amide bonds. The van der Waals surface area contributed by atoms with Gasteiger partial charge in [-0.15, -0.1) is 6.58 Å². The van der Waals surface area contributed by atoms with E-state index in [1.165, 1.54) is 16.3 Å². The Morgan fingerprint density at radius 3 is 2.73 bits per heavy atom. The Balaban J connectivity index is 1.48. The van der Waals surface area contributed by atoms with Crippen molar-refractivity contribution in [3.63, 3.8) is 0 Å². The maximum atomic E-state index is 4.40. The molecule has 4 nitrogen and oxygen atoms in total. The van der Waals surface area contributed by atoms with Crippen LogP contribution in [0.15, 0.2) is 60.1 Å². The molecule has 0 atom stereocenters. The number of hydrogen-bond donors (Lipinski definition) is 2. The van der Waals surface area contributed by atoms with Gasteiger partial charge >= 0.3 is 0 Å². The van der Waals surface area contributed by atoms with Gasteiger partial charge in [0.1, 0.15) is 0 Å². The summed E-state index contributed by atoms with van der Waals surface area (Å²) in [6.07, 6.45) is 5.27. The number of hydrogen-bond acceptors (Lipinski definition) is 2. The van der Waals surface area contributed by atoms with Gasteiger partial charge in [0.15, 0.2) is 5.96 Å². The Labute approximate surface area is 157 Å². The fourth-order valence-electron chi connectivity index (χ4n) is 3.66. The van der Waals surface area contributed by atoms with Gasteiger partial charge in [-0.3, -0.25) is 9.89 Å². The van der Waals surface area contributed by atoms with Crippen LogP contribution in [0.3, 0.4) is 0 Å². The van der Waals surface area contributed by atoms with Crippen LogP contribution in [0.1, 0.15) is 18.4 Å². The summed E-state index contributed by atoms with van der Waals surface area (Å²) in [5, 5.41) is 9.70. The number of fused-ring (bicyclic) bond motifs is 1. The molecule has 1 saturated heterocycles. The number of nitrogens with one attached hydrogen (secondary N) is 2. The Bertz CT molecular complexity index is 739. The summed E-state index contributed by atoms with van der Waals surface area (Å²) in [5.74, 6) is 0.910. The first-order chi connectivity index (χ1) is 12.8. The third-order valence-electron chi connectivity index (χ3n) is 5.11. The SMILES string of the molecule is C=CCN1CCC(NC(=NC)NCCc2cccc3ccccc23)CC1. The molecule has 2 aromatic rings. The standard InChI is InChI=1S/C22H30N4/c1-3-15-26-16-12-20(13-17-26)25-22(23-2)24-14-11-19-9-6-8-18-7-4-5-10-21(18)19/h3-10,20H,1,11-17H2,2H3,(H2,23,24,25). The van der Waals surface area contributed by atoms with Crippen LogP contribution in [0.25, 0.3) is 10.8 Å². The molecule has 0 aromatic heterocycles. The minimum Gasteiger partial charge on any atom is -0.356 e. The molecule has 2 N–H and O–H groups in total. The molecule has 2 aromatic carbocycles. The van der Waals surface area contributed by atoms with E-state index < -0.39 is 0 Å². The van der Waals surface area contributed by atoms with Crippen LogP contribution in [-0.4, -0.2) is 50.1 Å². The highest BCUT2D eigenvalue weighted by molar-refractivity contribution is 5.85. The van der Waals surface area contributed by atoms with Crippen molar-refractivity contribution in [3.05, 3.63) is 60.7 Å². The number of rotatable bonds is 6. The van der Waals surface area contributed by atoms with E-state index in [4.69, 9.17) is 0 Å². The molecule has 0 bridgehead atoms. The average molecular weight is 351 g/mol. The molecule has 1 aliphatic heterocycles. The van der Waals surface area contributed by atoms with Crippen LogP contribution in [-0.2, 0) is 6.42 Å². The molecule has 0 saturated carbocycles. The van der Waals surface area contributed by atoms with Gasteiger partial charge < -0.3 is 10.6 Å². The van der Waals surface area contributed by atoms with Crippen molar-refractivity contribution in [2.45, 2.75) is 25.3 Å². The van der Waals surface area contributed by atoms with E-state index in [1.54, 1.807) is 0 Å². The summed E-state index contributed by atoms with van der Waals surface area (Å²) in [7, 11) is 1.85. The zero-order valence-electron chi connectivity index (χ0n) is 15.7. The number of nitrogens with zero attached hydrogens (tertiary/aromatic N) is 2. The second kappa shape index (κ2) is 9.39. The molecule has 0 unspecified atom stereocenters. The van der Waals surface area contributed by atoms with E-state index in [2.05, 4.69) is 69.6 Å². The van der Waals surface area contributed by atoms with Gasteiger partial charge in [0.05, 0.1) is 0 Å². The van der Waals surface area contributed by atoms with Crippen LogP contribution in [0.2, 0.25) is 0 Å². The lowest BCUT2D eigenvalue weighted by Gasteiger charge is -2.32. The number of benzene rings is 2. The fraction of sp³-hybridized carbons (Fsp3) is 0.409. The third-order valence-corrected chi connectivity index (χ3v) is 5.11. The predicted octanol–water partition coefficient (Wildman–Crippen LogP) is 3.20. The largest absolute Gasteiger partial charge is 0.356 e. The summed E-state index contributed by atoms with van der Waals surface area (Å²) < 4.78 is 0. The van der Waals surface area contributed by atoms with Crippen molar-refractivity contribution < 1.29 is 0 Å². The Morgan fingerprint density at radius 1 is 1.19 bits per heavy atom. The van der Waals surface area contributed by atoms with Crippen molar-refractivity contribution in [2.75, 3.05) is 33.2 Å². The van der Waals surface area contributed by atoms with Crippen molar-refractivity contribution in [3.8, 4) is 0 Å². The van der Waals surface area contributed by atoms with Crippen molar-refractivity contribution in [1.29, 1.82) is 0 Å². The Morgan fingerprint density at radius 2 is 1.96 bits per heavy atom. The third kappa shape index (κ3) is 4.85. The van der Waals surface area contributed by atoms with Crippen LogP contribution >= 0.6 is 0 Å². The van der Waals surface area contributed by atoms with Gasteiger partial charge in [-0.05, 0) is 35.6 Å². The molecule has 4 heteroatoms. The quantitative estimate of drug-likeness (QED) is 0.477.